The Morgan fingerprint density at radius 1 is 1.19 bits per heavy atom. The predicted octanol–water partition coefficient (Wildman–Crippen LogP) is 4.66. The number of carbonyl (C=O) groups is 1. The van der Waals surface area contributed by atoms with Crippen LogP contribution in [0.15, 0.2) is 23.8 Å². The summed E-state index contributed by atoms with van der Waals surface area (Å²) in [6, 6.07) is 3.61. The minimum atomic E-state index is -0.484. The van der Waals surface area contributed by atoms with Crippen molar-refractivity contribution in [3.8, 4) is 5.75 Å². The van der Waals surface area contributed by atoms with Gasteiger partial charge in [0.2, 0.25) is 0 Å². The molecule has 4 atom stereocenters. The summed E-state index contributed by atoms with van der Waals surface area (Å²) in [4.78, 5) is 11.3. The zero-order valence-corrected chi connectivity index (χ0v) is 15.8. The summed E-state index contributed by atoms with van der Waals surface area (Å²) in [6.45, 7) is 0. The second-order valence-corrected chi connectivity index (χ2v) is 7.96. The average molecular weight is 375 g/mol. The topological polar surface area (TPSA) is 55.8 Å². The fraction of sp³-hybridized carbons (Fsp3) is 0.476. The van der Waals surface area contributed by atoms with E-state index in [-0.39, 0.29) is 10.8 Å². The molecule has 0 radical (unpaired) electrons. The normalized spacial score (nSPS) is 30.9. The van der Waals surface area contributed by atoms with E-state index in [4.69, 9.17) is 16.3 Å². The summed E-state index contributed by atoms with van der Waals surface area (Å²) in [5.74, 6) is 3.14. The Labute approximate surface area is 158 Å². The van der Waals surface area contributed by atoms with Gasteiger partial charge < -0.3 is 14.6 Å². The summed E-state index contributed by atoms with van der Waals surface area (Å²) in [6.07, 6.45) is 7.86. The van der Waals surface area contributed by atoms with Crippen LogP contribution in [0.5, 0.6) is 5.75 Å². The molecule has 1 aromatic carbocycles. The molecule has 4 bridgehead atoms. The van der Waals surface area contributed by atoms with E-state index in [9.17, 15) is 9.90 Å². The Kier molecular flexibility index (Phi) is 4.47. The molecule has 0 saturated heterocycles. The Balaban J connectivity index is 1.73. The summed E-state index contributed by atoms with van der Waals surface area (Å²) < 4.78 is 10.4. The van der Waals surface area contributed by atoms with Crippen LogP contribution in [0.4, 0.5) is 0 Å². The summed E-state index contributed by atoms with van der Waals surface area (Å²) in [5, 5.41) is 10.8. The minimum absolute atomic E-state index is 0.0491. The maximum absolute atomic E-state index is 11.3. The Hall–Kier alpha value is -1.94. The van der Waals surface area contributed by atoms with E-state index in [1.807, 2.05) is 6.07 Å². The molecule has 4 fully saturated rings. The number of carbonyl (C=O) groups excluding carboxylic acids is 1. The van der Waals surface area contributed by atoms with E-state index in [2.05, 4.69) is 4.74 Å². The van der Waals surface area contributed by atoms with Gasteiger partial charge in [0.15, 0.2) is 0 Å². The quantitative estimate of drug-likeness (QED) is 0.473. The molecule has 4 nitrogen and oxygen atoms in total. The third kappa shape index (κ3) is 2.71. The van der Waals surface area contributed by atoms with Crippen LogP contribution in [0.1, 0.15) is 36.8 Å². The smallest absolute Gasteiger partial charge is 0.330 e. The van der Waals surface area contributed by atoms with Crippen LogP contribution in [-0.2, 0) is 14.3 Å². The molecule has 26 heavy (non-hydrogen) atoms. The molecule has 0 aliphatic heterocycles. The maximum Gasteiger partial charge on any atom is 0.330 e. The second kappa shape index (κ2) is 6.66. The lowest BCUT2D eigenvalue weighted by atomic mass is 9.78. The molecule has 0 heterocycles. The molecule has 138 valence electrons. The number of hydrogen-bond donors (Lipinski definition) is 1. The largest absolute Gasteiger partial charge is 0.506 e. The summed E-state index contributed by atoms with van der Waals surface area (Å²) >= 11 is 6.49. The van der Waals surface area contributed by atoms with Crippen molar-refractivity contribution in [1.82, 2.24) is 0 Å². The Morgan fingerprint density at radius 2 is 2.00 bits per heavy atom. The number of ether oxygens (including phenoxy) is 2. The standard InChI is InChI=1S/C21H23ClO4/c1-25-17(23)6-4-12-3-5-15(19(22)20(12)24)21(26-2)18-14-8-11-7-13(10-14)16(18)9-11/h3-6,11,13-14,16,24H,7-10H2,1-2H3/b6-4+,21-18+. The number of hydrogen-bond acceptors (Lipinski definition) is 4. The molecule has 0 spiro atoms. The molecule has 0 amide bonds. The highest BCUT2D eigenvalue weighted by Crippen LogP contribution is 2.62. The van der Waals surface area contributed by atoms with Gasteiger partial charge in [0.1, 0.15) is 11.5 Å². The molecular weight excluding hydrogens is 352 g/mol. The van der Waals surface area contributed by atoms with Gasteiger partial charge in [-0.25, -0.2) is 4.79 Å². The highest BCUT2D eigenvalue weighted by atomic mass is 35.5. The van der Waals surface area contributed by atoms with Crippen molar-refractivity contribution >= 4 is 29.4 Å². The van der Waals surface area contributed by atoms with Gasteiger partial charge in [0.25, 0.3) is 0 Å². The molecule has 1 aromatic rings. The van der Waals surface area contributed by atoms with Crippen molar-refractivity contribution in [3.05, 3.63) is 39.9 Å². The Bertz CT molecular complexity index is 806. The first kappa shape index (κ1) is 17.5. The summed E-state index contributed by atoms with van der Waals surface area (Å²) in [7, 11) is 2.99. The lowest BCUT2D eigenvalue weighted by Crippen LogP contribution is -2.17. The van der Waals surface area contributed by atoms with Crippen LogP contribution in [0.3, 0.4) is 0 Å². The first-order valence-corrected chi connectivity index (χ1v) is 9.47. The van der Waals surface area contributed by atoms with Crippen molar-refractivity contribution in [2.24, 2.45) is 23.7 Å². The number of benzene rings is 1. The average Bonchev–Trinajstić information content (AvgIpc) is 3.06. The van der Waals surface area contributed by atoms with Crippen LogP contribution in [-0.4, -0.2) is 25.3 Å². The van der Waals surface area contributed by atoms with Crippen LogP contribution in [0.25, 0.3) is 11.8 Å². The first-order chi connectivity index (χ1) is 12.5. The van der Waals surface area contributed by atoms with E-state index >= 15 is 0 Å². The van der Waals surface area contributed by atoms with Crippen molar-refractivity contribution in [2.45, 2.75) is 25.7 Å². The number of rotatable bonds is 4. The highest BCUT2D eigenvalue weighted by molar-refractivity contribution is 6.34. The number of phenolic OH excluding ortho intramolecular Hbond substituents is 1. The van der Waals surface area contributed by atoms with Gasteiger partial charge in [-0.3, -0.25) is 0 Å². The van der Waals surface area contributed by atoms with Crippen molar-refractivity contribution < 1.29 is 19.4 Å². The van der Waals surface area contributed by atoms with Gasteiger partial charge in [-0.1, -0.05) is 17.7 Å². The third-order valence-corrected chi connectivity index (χ3v) is 6.68. The van der Waals surface area contributed by atoms with E-state index in [1.165, 1.54) is 50.5 Å². The number of aromatic hydroxyl groups is 1. The van der Waals surface area contributed by atoms with Gasteiger partial charge in [-0.15, -0.1) is 0 Å². The number of phenols is 1. The fourth-order valence-corrected chi connectivity index (χ4v) is 5.61. The van der Waals surface area contributed by atoms with E-state index in [1.54, 1.807) is 13.2 Å². The van der Waals surface area contributed by atoms with Gasteiger partial charge in [-0.05, 0) is 67.1 Å². The summed E-state index contributed by atoms with van der Waals surface area (Å²) in [5.41, 5.74) is 2.59. The van der Waals surface area contributed by atoms with Crippen LogP contribution >= 0.6 is 11.6 Å². The molecule has 4 aliphatic rings. The first-order valence-electron chi connectivity index (χ1n) is 9.09. The highest BCUT2D eigenvalue weighted by Gasteiger charge is 2.52. The van der Waals surface area contributed by atoms with Gasteiger partial charge in [0.05, 0.1) is 19.2 Å². The number of methoxy groups -OCH3 is 2. The van der Waals surface area contributed by atoms with Gasteiger partial charge in [0, 0.05) is 17.2 Å². The van der Waals surface area contributed by atoms with Crippen molar-refractivity contribution in [1.29, 1.82) is 0 Å². The number of esters is 1. The number of halogens is 1. The molecular formula is C21H23ClO4. The van der Waals surface area contributed by atoms with E-state index < -0.39 is 5.97 Å². The SMILES string of the molecule is COC(=O)/C=C/c1ccc(/C(OC)=C2/C3CC4CC(C3)C2C4)c(Cl)c1O. The molecule has 1 N–H and O–H groups in total. The fourth-order valence-electron chi connectivity index (χ4n) is 5.35. The minimum Gasteiger partial charge on any atom is -0.506 e. The molecule has 5 rings (SSSR count). The zero-order chi connectivity index (χ0) is 18.4. The molecule has 4 aliphatic carbocycles. The van der Waals surface area contributed by atoms with Gasteiger partial charge >= 0.3 is 5.97 Å². The van der Waals surface area contributed by atoms with E-state index in [0.29, 0.717) is 17.4 Å². The van der Waals surface area contributed by atoms with Gasteiger partial charge in [-0.2, -0.15) is 0 Å². The molecule has 4 unspecified atom stereocenters. The molecule has 0 aromatic heterocycles. The molecule has 5 heteroatoms. The third-order valence-electron chi connectivity index (χ3n) is 6.30. The lowest BCUT2D eigenvalue weighted by molar-refractivity contribution is -0.134. The Morgan fingerprint density at radius 3 is 2.69 bits per heavy atom. The monoisotopic (exact) mass is 374 g/mol. The van der Waals surface area contributed by atoms with Crippen molar-refractivity contribution in [2.75, 3.05) is 14.2 Å². The van der Waals surface area contributed by atoms with Crippen LogP contribution in [0, 0.1) is 23.7 Å². The lowest BCUT2D eigenvalue weighted by Gasteiger charge is -2.29. The zero-order valence-electron chi connectivity index (χ0n) is 15.0. The number of allylic oxidation sites excluding steroid dienone is 1. The van der Waals surface area contributed by atoms with Crippen molar-refractivity contribution in [3.63, 3.8) is 0 Å². The maximum atomic E-state index is 11.3. The van der Waals surface area contributed by atoms with Crippen LogP contribution in [0.2, 0.25) is 5.02 Å². The second-order valence-electron chi connectivity index (χ2n) is 7.58. The van der Waals surface area contributed by atoms with Crippen LogP contribution < -0.4 is 0 Å². The predicted molar refractivity (Wildman–Crippen MR) is 101 cm³/mol. The van der Waals surface area contributed by atoms with E-state index in [0.717, 1.165) is 23.2 Å². The molecule has 4 saturated carbocycles.